The van der Waals surface area contributed by atoms with E-state index in [1.165, 1.54) is 12.7 Å². The Morgan fingerprint density at radius 2 is 2.02 bits per heavy atom. The summed E-state index contributed by atoms with van der Waals surface area (Å²) in [7, 11) is 1.49. The van der Waals surface area contributed by atoms with E-state index in [-0.39, 0.29) is 29.6 Å². The average Bonchev–Trinajstić information content (AvgIpc) is 3.36. The Balaban J connectivity index is 1.33. The lowest BCUT2D eigenvalue weighted by atomic mass is 9.73. The number of amides is 1. The Labute approximate surface area is 253 Å². The van der Waals surface area contributed by atoms with E-state index in [4.69, 9.17) is 14.5 Å². The fraction of sp³-hybridized carbons (Fsp3) is 0.545. The molecular weight excluding hydrogens is 548 g/mol. The Morgan fingerprint density at radius 1 is 1.21 bits per heavy atom. The van der Waals surface area contributed by atoms with Gasteiger partial charge in [-0.05, 0) is 67.7 Å². The summed E-state index contributed by atoms with van der Waals surface area (Å²) in [5, 5.41) is 19.1. The van der Waals surface area contributed by atoms with Crippen molar-refractivity contribution in [3.63, 3.8) is 0 Å². The summed E-state index contributed by atoms with van der Waals surface area (Å²) in [5.74, 6) is 0.443. The van der Waals surface area contributed by atoms with E-state index in [0.717, 1.165) is 58.7 Å². The van der Waals surface area contributed by atoms with Gasteiger partial charge in [0.15, 0.2) is 0 Å². The van der Waals surface area contributed by atoms with E-state index in [2.05, 4.69) is 48.5 Å². The number of carbonyl (C=O) groups is 1. The molecule has 1 aromatic carbocycles. The van der Waals surface area contributed by atoms with Crippen LogP contribution in [0.1, 0.15) is 74.1 Å². The number of nitrogens with zero attached hydrogens (tertiary/aromatic N) is 2. The van der Waals surface area contributed by atoms with E-state index in [9.17, 15) is 9.90 Å². The van der Waals surface area contributed by atoms with Crippen LogP contribution in [0.3, 0.4) is 0 Å². The maximum absolute atomic E-state index is 12.6. The first kappa shape index (κ1) is 30.6. The molecule has 0 bridgehead atoms. The van der Waals surface area contributed by atoms with Crippen molar-refractivity contribution >= 4 is 17.2 Å². The third-order valence-corrected chi connectivity index (χ3v) is 9.07. The van der Waals surface area contributed by atoms with Gasteiger partial charge in [0.25, 0.3) is 0 Å². The Kier molecular flexibility index (Phi) is 9.32. The number of hydrogen-bond donors (Lipinski definition) is 3. The van der Waals surface area contributed by atoms with Gasteiger partial charge in [-0.3, -0.25) is 4.79 Å². The van der Waals surface area contributed by atoms with Gasteiger partial charge in [0.2, 0.25) is 11.8 Å². The SMILES string of the molecule is COCC(=O)N[C@@H](Cc1cccc(-c2ncc(C)s2)c1)[C@@H](O)CN[C@H]1CC2(CCC2)Oc2ncc(CC(C)(C)C)cc21. The predicted octanol–water partition coefficient (Wildman–Crippen LogP) is 5.17. The maximum atomic E-state index is 12.6. The fourth-order valence-electron chi connectivity index (χ4n) is 5.99. The number of methoxy groups -OCH3 is 1. The topological polar surface area (TPSA) is 106 Å². The molecule has 1 spiro atoms. The summed E-state index contributed by atoms with van der Waals surface area (Å²) < 4.78 is 11.5. The zero-order valence-electron chi connectivity index (χ0n) is 25.4. The molecule has 1 aliphatic carbocycles. The van der Waals surface area contributed by atoms with Crippen molar-refractivity contribution in [2.24, 2.45) is 5.41 Å². The largest absolute Gasteiger partial charge is 0.471 e. The summed E-state index contributed by atoms with van der Waals surface area (Å²) in [6.07, 6.45) is 8.40. The van der Waals surface area contributed by atoms with Gasteiger partial charge in [0, 0.05) is 54.5 Å². The molecule has 2 aliphatic rings. The van der Waals surface area contributed by atoms with Crippen LogP contribution in [-0.4, -0.2) is 59.0 Å². The van der Waals surface area contributed by atoms with E-state index in [0.29, 0.717) is 18.8 Å². The molecule has 3 N–H and O–H groups in total. The predicted molar refractivity (Wildman–Crippen MR) is 166 cm³/mol. The van der Waals surface area contributed by atoms with Crippen LogP contribution in [0.15, 0.2) is 42.7 Å². The highest BCUT2D eigenvalue weighted by Gasteiger charge is 2.46. The van der Waals surface area contributed by atoms with Crippen LogP contribution in [-0.2, 0) is 22.4 Å². The number of ether oxygens (including phenoxy) is 2. The summed E-state index contributed by atoms with van der Waals surface area (Å²) in [4.78, 5) is 23.0. The second kappa shape index (κ2) is 12.8. The molecule has 3 atom stereocenters. The number of nitrogens with one attached hydrogen (secondary N) is 2. The monoisotopic (exact) mass is 592 g/mol. The average molecular weight is 593 g/mol. The molecule has 42 heavy (non-hydrogen) atoms. The van der Waals surface area contributed by atoms with Crippen molar-refractivity contribution in [2.45, 2.75) is 90.0 Å². The van der Waals surface area contributed by atoms with Gasteiger partial charge in [0.05, 0.1) is 12.1 Å². The second-order valence-corrected chi connectivity index (χ2v) is 14.4. The van der Waals surface area contributed by atoms with E-state index >= 15 is 0 Å². The number of carbonyl (C=O) groups excluding carboxylic acids is 1. The Bertz CT molecular complexity index is 1380. The van der Waals surface area contributed by atoms with Gasteiger partial charge in [-0.1, -0.05) is 39.0 Å². The summed E-state index contributed by atoms with van der Waals surface area (Å²) in [6, 6.07) is 9.87. The molecule has 3 heterocycles. The van der Waals surface area contributed by atoms with Gasteiger partial charge in [-0.2, -0.15) is 0 Å². The number of pyridine rings is 1. The summed E-state index contributed by atoms with van der Waals surface area (Å²) >= 11 is 1.65. The summed E-state index contributed by atoms with van der Waals surface area (Å²) in [6.45, 7) is 8.97. The first-order chi connectivity index (χ1) is 20.0. The lowest BCUT2D eigenvalue weighted by Gasteiger charge is -2.47. The van der Waals surface area contributed by atoms with Gasteiger partial charge in [-0.15, -0.1) is 11.3 Å². The van der Waals surface area contributed by atoms with Crippen molar-refractivity contribution < 1.29 is 19.4 Å². The van der Waals surface area contributed by atoms with Crippen molar-refractivity contribution in [1.82, 2.24) is 20.6 Å². The molecule has 1 amide bonds. The van der Waals surface area contributed by atoms with Gasteiger partial charge in [-0.25, -0.2) is 9.97 Å². The molecule has 1 fully saturated rings. The molecule has 0 saturated heterocycles. The number of thiazole rings is 1. The van der Waals surface area contributed by atoms with E-state index < -0.39 is 12.1 Å². The van der Waals surface area contributed by atoms with E-state index in [1.807, 2.05) is 37.5 Å². The molecule has 226 valence electrons. The fourth-order valence-corrected chi connectivity index (χ4v) is 6.75. The molecule has 2 aromatic heterocycles. The van der Waals surface area contributed by atoms with Crippen LogP contribution >= 0.6 is 11.3 Å². The van der Waals surface area contributed by atoms with Crippen LogP contribution in [0, 0.1) is 12.3 Å². The number of fused-ring (bicyclic) bond motifs is 1. The highest BCUT2D eigenvalue weighted by molar-refractivity contribution is 7.14. The van der Waals surface area contributed by atoms with Crippen molar-refractivity contribution in [3.05, 3.63) is 64.3 Å². The lowest BCUT2D eigenvalue weighted by molar-refractivity contribution is -0.126. The van der Waals surface area contributed by atoms with Crippen LogP contribution in [0.5, 0.6) is 5.88 Å². The lowest BCUT2D eigenvalue weighted by Crippen LogP contribution is -2.52. The first-order valence-electron chi connectivity index (χ1n) is 14.9. The molecule has 8 nitrogen and oxygen atoms in total. The van der Waals surface area contributed by atoms with Crippen LogP contribution in [0.2, 0.25) is 0 Å². The number of aryl methyl sites for hydroxylation is 1. The second-order valence-electron chi connectivity index (χ2n) is 13.1. The minimum atomic E-state index is -0.828. The number of aliphatic hydroxyl groups excluding tert-OH is 1. The quantitative estimate of drug-likeness (QED) is 0.282. The van der Waals surface area contributed by atoms with Crippen LogP contribution < -0.4 is 15.4 Å². The molecule has 0 unspecified atom stereocenters. The normalized spacial score (nSPS) is 19.0. The Morgan fingerprint density at radius 3 is 2.69 bits per heavy atom. The van der Waals surface area contributed by atoms with Crippen LogP contribution in [0.4, 0.5) is 0 Å². The molecule has 0 radical (unpaired) electrons. The molecule has 5 rings (SSSR count). The minimum absolute atomic E-state index is 0.00270. The third-order valence-electron chi connectivity index (χ3n) is 8.11. The molecular formula is C33H44N4O4S. The summed E-state index contributed by atoms with van der Waals surface area (Å²) in [5.41, 5.74) is 4.23. The maximum Gasteiger partial charge on any atom is 0.246 e. The highest BCUT2D eigenvalue weighted by Crippen LogP contribution is 2.48. The number of rotatable bonds is 11. The van der Waals surface area contributed by atoms with Crippen molar-refractivity contribution in [1.29, 1.82) is 0 Å². The van der Waals surface area contributed by atoms with Crippen molar-refractivity contribution in [3.8, 4) is 16.5 Å². The molecule has 3 aromatic rings. The van der Waals surface area contributed by atoms with E-state index in [1.54, 1.807) is 11.3 Å². The minimum Gasteiger partial charge on any atom is -0.471 e. The van der Waals surface area contributed by atoms with Gasteiger partial charge >= 0.3 is 0 Å². The number of aromatic nitrogens is 2. The third kappa shape index (κ3) is 7.56. The first-order valence-corrected chi connectivity index (χ1v) is 15.7. The van der Waals surface area contributed by atoms with Gasteiger partial charge in [0.1, 0.15) is 17.2 Å². The zero-order valence-corrected chi connectivity index (χ0v) is 26.2. The van der Waals surface area contributed by atoms with Crippen molar-refractivity contribution in [2.75, 3.05) is 20.3 Å². The molecule has 1 aliphatic heterocycles. The molecule has 9 heteroatoms. The van der Waals surface area contributed by atoms with Gasteiger partial charge < -0.3 is 25.2 Å². The zero-order chi connectivity index (χ0) is 29.9. The molecule has 1 saturated carbocycles. The number of benzene rings is 1. The number of aliphatic hydroxyl groups is 1. The smallest absolute Gasteiger partial charge is 0.246 e. The Hall–Kier alpha value is -2.85. The standard InChI is InChI=1S/C33H44N4O4S/c1-21-17-36-31(42-21)24-9-6-8-22(12-24)14-26(37-29(39)20-40-5)28(38)19-34-27-16-33(10-7-11-33)41-30-25(27)13-23(18-35-30)15-32(2,3)4/h6,8-9,12-13,17-18,26-28,34,38H,7,10-11,14-16,19-20H2,1-5H3,(H,37,39)/t26-,27-,28-/m0/s1. The van der Waals surface area contributed by atoms with Crippen LogP contribution in [0.25, 0.3) is 10.6 Å². The number of hydrogen-bond acceptors (Lipinski definition) is 8. The highest BCUT2D eigenvalue weighted by atomic mass is 32.1.